The summed E-state index contributed by atoms with van der Waals surface area (Å²) in [5.74, 6) is -1.83. The molecule has 1 radical (unpaired) electrons. The maximum Gasteiger partial charge on any atom is 0.454 e. The van der Waals surface area contributed by atoms with Crippen LogP contribution >= 0.6 is 0 Å². The Morgan fingerprint density at radius 1 is 1.21 bits per heavy atom. The van der Waals surface area contributed by atoms with Crippen LogP contribution in [0.1, 0.15) is 10.4 Å². The Morgan fingerprint density at radius 2 is 1.71 bits per heavy atom. The average molecular weight is 202 g/mol. The van der Waals surface area contributed by atoms with Gasteiger partial charge in [-0.15, -0.1) is 0 Å². The van der Waals surface area contributed by atoms with E-state index in [1.807, 2.05) is 0 Å². The highest BCUT2D eigenvalue weighted by Crippen LogP contribution is 2.22. The summed E-state index contributed by atoms with van der Waals surface area (Å²) in [6.07, 6.45) is -4.81. The maximum atomic E-state index is 11.9. The van der Waals surface area contributed by atoms with Gasteiger partial charge in [-0.05, 0) is 24.3 Å². The average Bonchev–Trinajstić information content (AvgIpc) is 2.15. The van der Waals surface area contributed by atoms with E-state index in [4.69, 9.17) is 0 Å². The van der Waals surface area contributed by atoms with Crippen molar-refractivity contribution < 1.29 is 18.0 Å². The van der Waals surface area contributed by atoms with E-state index in [0.717, 1.165) is 12.1 Å². The molecule has 1 rings (SSSR count). The Morgan fingerprint density at radius 3 is 2.07 bits per heavy atom. The van der Waals surface area contributed by atoms with E-state index in [2.05, 4.69) is 5.32 Å². The smallest absolute Gasteiger partial charge is 0.289 e. The maximum absolute atomic E-state index is 11.9. The third-order valence-electron chi connectivity index (χ3n) is 1.65. The van der Waals surface area contributed by atoms with Crippen molar-refractivity contribution in [2.24, 2.45) is 0 Å². The topological polar surface area (TPSA) is 31.2 Å². The van der Waals surface area contributed by atoms with E-state index in [-0.39, 0.29) is 5.56 Å². The van der Waals surface area contributed by atoms with Crippen LogP contribution in [0.25, 0.3) is 0 Å². The number of hydrogen-bond donors (Lipinski definition) is 0. The van der Waals surface area contributed by atoms with Crippen molar-refractivity contribution in [2.75, 3.05) is 7.05 Å². The lowest BCUT2D eigenvalue weighted by molar-refractivity contribution is -0.0885. The number of carbonyl (C=O) groups excluding carboxylic acids is 1. The van der Waals surface area contributed by atoms with E-state index < -0.39 is 12.0 Å². The van der Waals surface area contributed by atoms with Crippen LogP contribution < -0.4 is 5.32 Å². The molecule has 5 heteroatoms. The second-order valence-electron chi connectivity index (χ2n) is 2.60. The number of rotatable bonds is 2. The predicted molar refractivity (Wildman–Crippen MR) is 44.5 cm³/mol. The molecule has 0 aliphatic rings. The first-order chi connectivity index (χ1) is 6.45. The fourth-order valence-electron chi connectivity index (χ4n) is 0.926. The van der Waals surface area contributed by atoms with Gasteiger partial charge in [-0.2, -0.15) is 13.2 Å². The molecule has 0 fully saturated rings. The van der Waals surface area contributed by atoms with Gasteiger partial charge in [0.2, 0.25) is 0 Å². The molecule has 75 valence electrons. The van der Waals surface area contributed by atoms with Gasteiger partial charge in [0.25, 0.3) is 5.78 Å². The largest absolute Gasteiger partial charge is 0.454 e. The van der Waals surface area contributed by atoms with Crippen LogP contribution in [0.5, 0.6) is 0 Å². The highest BCUT2D eigenvalue weighted by Gasteiger charge is 2.39. The first-order valence-electron chi connectivity index (χ1n) is 3.76. The Bertz CT molecular complexity index is 329. The van der Waals surface area contributed by atoms with Gasteiger partial charge >= 0.3 is 6.18 Å². The van der Waals surface area contributed by atoms with Crippen LogP contribution in [0.2, 0.25) is 0 Å². The molecule has 1 aromatic rings. The number of nitrogens with zero attached hydrogens (tertiary/aromatic N) is 1. The summed E-state index contributed by atoms with van der Waals surface area (Å²) in [4.78, 5) is 10.7. The number of hydrogen-bond acceptors (Lipinski definition) is 1. The number of ketones is 1. The van der Waals surface area contributed by atoms with Gasteiger partial charge < -0.3 is 0 Å². The lowest BCUT2D eigenvalue weighted by Gasteiger charge is -2.05. The van der Waals surface area contributed by atoms with E-state index in [9.17, 15) is 18.0 Å². The molecule has 0 aromatic heterocycles. The van der Waals surface area contributed by atoms with E-state index in [1.165, 1.54) is 19.2 Å². The number of halogens is 3. The molecule has 0 heterocycles. The van der Waals surface area contributed by atoms with Crippen molar-refractivity contribution in [1.82, 2.24) is 5.32 Å². The molecule has 0 unspecified atom stereocenters. The highest BCUT2D eigenvalue weighted by atomic mass is 19.4. The molecule has 0 spiro atoms. The number of Topliss-reactive ketones (excluding diaryl/α,β-unsaturated/α-hetero) is 1. The number of alkyl halides is 3. The van der Waals surface area contributed by atoms with Crippen LogP contribution in [-0.2, 0) is 0 Å². The molecule has 0 N–H and O–H groups in total. The van der Waals surface area contributed by atoms with Gasteiger partial charge in [-0.25, -0.2) is 0 Å². The molecular formula is C9H7F3NO. The first kappa shape index (κ1) is 10.6. The Balaban J connectivity index is 2.93. The Kier molecular flexibility index (Phi) is 2.78. The van der Waals surface area contributed by atoms with E-state index in [1.54, 1.807) is 0 Å². The zero-order chi connectivity index (χ0) is 10.8. The molecule has 0 bridgehead atoms. The van der Waals surface area contributed by atoms with Gasteiger partial charge in [0.1, 0.15) is 0 Å². The van der Waals surface area contributed by atoms with E-state index in [0.29, 0.717) is 5.69 Å². The molecular weight excluding hydrogens is 195 g/mol. The lowest BCUT2D eigenvalue weighted by Crippen LogP contribution is -2.22. The zero-order valence-electron chi connectivity index (χ0n) is 7.30. The molecule has 0 saturated carbocycles. The SMILES string of the molecule is C[N]c1ccc(C(=O)C(F)(F)F)cc1. The van der Waals surface area contributed by atoms with Crippen LogP contribution in [-0.4, -0.2) is 19.0 Å². The summed E-state index contributed by atoms with van der Waals surface area (Å²) in [7, 11) is 1.51. The van der Waals surface area contributed by atoms with Crippen LogP contribution in [0, 0.1) is 0 Å². The Hall–Kier alpha value is -1.52. The van der Waals surface area contributed by atoms with Gasteiger partial charge in [0.05, 0.1) is 5.69 Å². The summed E-state index contributed by atoms with van der Waals surface area (Å²) in [6, 6.07) is 4.94. The van der Waals surface area contributed by atoms with Crippen molar-refractivity contribution in [1.29, 1.82) is 0 Å². The number of benzene rings is 1. The molecule has 14 heavy (non-hydrogen) atoms. The van der Waals surface area contributed by atoms with Crippen molar-refractivity contribution >= 4 is 11.5 Å². The van der Waals surface area contributed by atoms with Gasteiger partial charge in [0.15, 0.2) is 0 Å². The van der Waals surface area contributed by atoms with Crippen molar-refractivity contribution in [2.45, 2.75) is 6.18 Å². The molecule has 0 saturated heterocycles. The summed E-state index contributed by atoms with van der Waals surface area (Å²) in [6.45, 7) is 0. The molecule has 0 aliphatic carbocycles. The molecule has 0 aliphatic heterocycles. The van der Waals surface area contributed by atoms with Gasteiger partial charge in [0, 0.05) is 12.6 Å². The van der Waals surface area contributed by atoms with Crippen molar-refractivity contribution in [3.8, 4) is 0 Å². The quantitative estimate of drug-likeness (QED) is 0.677. The lowest BCUT2D eigenvalue weighted by atomic mass is 10.1. The molecule has 0 amide bonds. The fraction of sp³-hybridized carbons (Fsp3) is 0.222. The first-order valence-corrected chi connectivity index (χ1v) is 3.76. The van der Waals surface area contributed by atoms with Gasteiger partial charge in [-0.1, -0.05) is 0 Å². The number of carbonyl (C=O) groups is 1. The normalized spacial score (nSPS) is 11.1. The summed E-state index contributed by atoms with van der Waals surface area (Å²) >= 11 is 0. The van der Waals surface area contributed by atoms with Crippen LogP contribution in [0.15, 0.2) is 24.3 Å². The monoisotopic (exact) mass is 202 g/mol. The standard InChI is InChI=1S/C9H7F3NO/c1-13-7-4-2-6(3-5-7)8(14)9(10,11)12/h2-5H,1H3. The summed E-state index contributed by atoms with van der Waals surface area (Å²) in [5.41, 5.74) is 0.161. The summed E-state index contributed by atoms with van der Waals surface area (Å²) < 4.78 is 35.8. The highest BCUT2D eigenvalue weighted by molar-refractivity contribution is 6.00. The van der Waals surface area contributed by atoms with Crippen LogP contribution in [0.4, 0.5) is 18.9 Å². The van der Waals surface area contributed by atoms with Crippen molar-refractivity contribution in [3.05, 3.63) is 29.8 Å². The predicted octanol–water partition coefficient (Wildman–Crippen LogP) is 2.30. The van der Waals surface area contributed by atoms with Crippen LogP contribution in [0.3, 0.4) is 0 Å². The minimum Gasteiger partial charge on any atom is -0.289 e. The second kappa shape index (κ2) is 3.69. The summed E-state index contributed by atoms with van der Waals surface area (Å²) in [5, 5.41) is 3.74. The minimum absolute atomic E-state index is 0.370. The third kappa shape index (κ3) is 2.25. The molecule has 0 atom stereocenters. The third-order valence-corrected chi connectivity index (χ3v) is 1.65. The zero-order valence-corrected chi connectivity index (χ0v) is 7.30. The fourth-order valence-corrected chi connectivity index (χ4v) is 0.926. The minimum atomic E-state index is -4.81. The van der Waals surface area contributed by atoms with Crippen molar-refractivity contribution in [3.63, 3.8) is 0 Å². The van der Waals surface area contributed by atoms with Gasteiger partial charge in [-0.3, -0.25) is 10.1 Å². The Labute approximate surface area is 78.7 Å². The molecule has 2 nitrogen and oxygen atoms in total. The molecule has 1 aromatic carbocycles. The second-order valence-corrected chi connectivity index (χ2v) is 2.60. The van der Waals surface area contributed by atoms with E-state index >= 15 is 0 Å².